The molecule has 2 unspecified atom stereocenters. The van der Waals surface area contributed by atoms with E-state index in [2.05, 4.69) is 9.47 Å². The second-order valence-electron chi connectivity index (χ2n) is 4.43. The molecule has 0 spiro atoms. The zero-order valence-corrected chi connectivity index (χ0v) is 13.2. The highest BCUT2D eigenvalue weighted by Crippen LogP contribution is 2.03. The van der Waals surface area contributed by atoms with Gasteiger partial charge in [-0.25, -0.2) is 9.59 Å². The van der Waals surface area contributed by atoms with Crippen molar-refractivity contribution < 1.29 is 38.1 Å². The topological polar surface area (TPSA) is 105 Å². The first kappa shape index (κ1) is 19.9. The van der Waals surface area contributed by atoms with Crippen molar-refractivity contribution in [1.29, 1.82) is 0 Å². The Hall–Kier alpha value is -2.12. The molecule has 0 aliphatic rings. The average Bonchev–Trinajstić information content (AvgIpc) is 2.38. The van der Waals surface area contributed by atoms with Gasteiger partial charge in [0.1, 0.15) is 0 Å². The summed E-state index contributed by atoms with van der Waals surface area (Å²) in [5.41, 5.74) is 0. The van der Waals surface area contributed by atoms with Gasteiger partial charge in [-0.1, -0.05) is 13.8 Å². The van der Waals surface area contributed by atoms with Gasteiger partial charge in [-0.2, -0.15) is 0 Å². The van der Waals surface area contributed by atoms with Crippen molar-refractivity contribution in [2.24, 2.45) is 0 Å². The van der Waals surface area contributed by atoms with Crippen LogP contribution in [0.15, 0.2) is 0 Å². The van der Waals surface area contributed by atoms with E-state index in [-0.39, 0.29) is 12.8 Å². The lowest BCUT2D eigenvalue weighted by Crippen LogP contribution is -2.31. The summed E-state index contributed by atoms with van der Waals surface area (Å²) in [5.74, 6) is -3.76. The summed E-state index contributed by atoms with van der Waals surface area (Å²) in [6.07, 6.45) is -0.896. The van der Waals surface area contributed by atoms with E-state index >= 15 is 0 Å². The van der Waals surface area contributed by atoms with Crippen LogP contribution in [-0.2, 0) is 38.1 Å². The lowest BCUT2D eigenvalue weighted by atomic mass is 10.3. The molecule has 0 fully saturated rings. The van der Waals surface area contributed by atoms with Gasteiger partial charge in [0, 0.05) is 26.7 Å². The molecule has 22 heavy (non-hydrogen) atoms. The largest absolute Gasteiger partial charge is 0.425 e. The maximum atomic E-state index is 11.4. The molecule has 0 N–H and O–H groups in total. The maximum absolute atomic E-state index is 11.4. The zero-order chi connectivity index (χ0) is 17.1. The van der Waals surface area contributed by atoms with Crippen molar-refractivity contribution in [2.45, 2.75) is 66.0 Å². The SMILES string of the molecule is CCCC(=O)OC(C)OC(=O)C(=O)OC(C)OC(=O)CCC. The fourth-order valence-electron chi connectivity index (χ4n) is 1.34. The highest BCUT2D eigenvalue weighted by Gasteiger charge is 2.25. The van der Waals surface area contributed by atoms with E-state index < -0.39 is 36.5 Å². The summed E-state index contributed by atoms with van der Waals surface area (Å²) >= 11 is 0. The van der Waals surface area contributed by atoms with Gasteiger partial charge in [-0.05, 0) is 12.8 Å². The van der Waals surface area contributed by atoms with Crippen LogP contribution in [0.5, 0.6) is 0 Å². The Morgan fingerprint density at radius 1 is 0.682 bits per heavy atom. The summed E-state index contributed by atoms with van der Waals surface area (Å²) < 4.78 is 18.6. The maximum Gasteiger partial charge on any atom is 0.420 e. The normalized spacial score (nSPS) is 12.7. The molecule has 0 aliphatic heterocycles. The van der Waals surface area contributed by atoms with Gasteiger partial charge in [0.25, 0.3) is 0 Å². The molecule has 0 rings (SSSR count). The van der Waals surface area contributed by atoms with Gasteiger partial charge >= 0.3 is 23.9 Å². The van der Waals surface area contributed by atoms with Crippen LogP contribution in [0, 0.1) is 0 Å². The number of carbonyl (C=O) groups excluding carboxylic acids is 4. The number of hydrogen-bond acceptors (Lipinski definition) is 8. The monoisotopic (exact) mass is 318 g/mol. The third kappa shape index (κ3) is 8.93. The van der Waals surface area contributed by atoms with E-state index in [0.717, 1.165) is 0 Å². The molecule has 0 aromatic heterocycles. The third-order valence-electron chi connectivity index (χ3n) is 2.22. The minimum Gasteiger partial charge on any atom is -0.425 e. The van der Waals surface area contributed by atoms with E-state index in [9.17, 15) is 19.2 Å². The Kier molecular flexibility index (Phi) is 9.56. The Morgan fingerprint density at radius 2 is 1.00 bits per heavy atom. The van der Waals surface area contributed by atoms with E-state index in [0.29, 0.717) is 12.8 Å². The van der Waals surface area contributed by atoms with Crippen LogP contribution in [-0.4, -0.2) is 36.5 Å². The lowest BCUT2D eigenvalue weighted by Gasteiger charge is -2.15. The van der Waals surface area contributed by atoms with Crippen molar-refractivity contribution in [3.05, 3.63) is 0 Å². The van der Waals surface area contributed by atoms with Crippen LogP contribution in [0.1, 0.15) is 53.4 Å². The van der Waals surface area contributed by atoms with E-state index in [1.807, 2.05) is 0 Å². The van der Waals surface area contributed by atoms with Crippen LogP contribution in [0.25, 0.3) is 0 Å². The average molecular weight is 318 g/mol. The molecule has 0 amide bonds. The number of carbonyl (C=O) groups is 4. The fourth-order valence-corrected chi connectivity index (χ4v) is 1.34. The molecule has 8 nitrogen and oxygen atoms in total. The minimum absolute atomic E-state index is 0.177. The second kappa shape index (κ2) is 10.6. The van der Waals surface area contributed by atoms with Crippen LogP contribution in [0.4, 0.5) is 0 Å². The number of esters is 4. The summed E-state index contributed by atoms with van der Waals surface area (Å²) in [5, 5.41) is 0. The van der Waals surface area contributed by atoms with Crippen molar-refractivity contribution in [3.63, 3.8) is 0 Å². The lowest BCUT2D eigenvalue weighted by molar-refractivity contribution is -0.203. The summed E-state index contributed by atoms with van der Waals surface area (Å²) in [6.45, 7) is 6.17. The molecule has 0 aromatic carbocycles. The Bertz CT molecular complexity index is 366. The third-order valence-corrected chi connectivity index (χ3v) is 2.22. The van der Waals surface area contributed by atoms with Gasteiger partial charge in [-0.3, -0.25) is 9.59 Å². The summed E-state index contributed by atoms with van der Waals surface area (Å²) in [7, 11) is 0. The Labute approximate surface area is 129 Å². The summed E-state index contributed by atoms with van der Waals surface area (Å²) in [4.78, 5) is 45.2. The molecule has 0 saturated heterocycles. The van der Waals surface area contributed by atoms with E-state index in [1.165, 1.54) is 13.8 Å². The van der Waals surface area contributed by atoms with Crippen molar-refractivity contribution in [1.82, 2.24) is 0 Å². The van der Waals surface area contributed by atoms with Crippen LogP contribution in [0.2, 0.25) is 0 Å². The molecular formula is C14H22O8. The number of hydrogen-bond donors (Lipinski definition) is 0. The van der Waals surface area contributed by atoms with Crippen molar-refractivity contribution in [2.75, 3.05) is 0 Å². The molecule has 0 bridgehead atoms. The second-order valence-corrected chi connectivity index (χ2v) is 4.43. The van der Waals surface area contributed by atoms with Crippen LogP contribution < -0.4 is 0 Å². The highest BCUT2D eigenvalue weighted by molar-refractivity contribution is 6.29. The number of rotatable bonds is 8. The fraction of sp³-hybridized carbons (Fsp3) is 0.714. The van der Waals surface area contributed by atoms with Gasteiger partial charge < -0.3 is 18.9 Å². The van der Waals surface area contributed by atoms with Crippen LogP contribution >= 0.6 is 0 Å². The molecular weight excluding hydrogens is 296 g/mol. The summed E-state index contributed by atoms with van der Waals surface area (Å²) in [6, 6.07) is 0. The quantitative estimate of drug-likeness (QED) is 0.376. The van der Waals surface area contributed by atoms with Gasteiger partial charge in [0.15, 0.2) is 0 Å². The van der Waals surface area contributed by atoms with Gasteiger partial charge in [0.05, 0.1) is 0 Å². The molecule has 126 valence electrons. The molecule has 0 saturated carbocycles. The number of ether oxygens (including phenoxy) is 4. The molecule has 0 radical (unpaired) electrons. The predicted molar refractivity (Wildman–Crippen MR) is 73.1 cm³/mol. The minimum atomic E-state index is -1.34. The standard InChI is InChI=1S/C14H22O8/c1-5-7-11(15)19-9(3)21-13(17)14(18)22-10(4)20-12(16)8-6-2/h9-10H,5-8H2,1-4H3. The first-order valence-electron chi connectivity index (χ1n) is 7.10. The van der Waals surface area contributed by atoms with Crippen molar-refractivity contribution >= 4 is 23.9 Å². The Morgan fingerprint density at radius 3 is 1.27 bits per heavy atom. The molecule has 0 aromatic rings. The van der Waals surface area contributed by atoms with Crippen LogP contribution in [0.3, 0.4) is 0 Å². The first-order chi connectivity index (χ1) is 10.3. The highest BCUT2D eigenvalue weighted by atomic mass is 16.7. The van der Waals surface area contributed by atoms with E-state index in [4.69, 9.17) is 9.47 Å². The molecule has 0 heterocycles. The molecule has 2 atom stereocenters. The first-order valence-corrected chi connectivity index (χ1v) is 7.10. The van der Waals surface area contributed by atoms with Crippen molar-refractivity contribution in [3.8, 4) is 0 Å². The van der Waals surface area contributed by atoms with E-state index in [1.54, 1.807) is 13.8 Å². The van der Waals surface area contributed by atoms with Gasteiger partial charge in [0.2, 0.25) is 12.6 Å². The smallest absolute Gasteiger partial charge is 0.420 e. The van der Waals surface area contributed by atoms with Gasteiger partial charge in [-0.15, -0.1) is 0 Å². The zero-order valence-electron chi connectivity index (χ0n) is 13.2. The molecule has 8 heteroatoms. The Balaban J connectivity index is 4.17. The molecule has 0 aliphatic carbocycles. The predicted octanol–water partition coefficient (Wildman–Crippen LogP) is 1.45.